The van der Waals surface area contributed by atoms with Crippen LogP contribution in [0.5, 0.6) is 0 Å². The molecule has 5 amide bonds. The number of rotatable bonds is 15. The van der Waals surface area contributed by atoms with E-state index in [1.807, 2.05) is 41.5 Å². The van der Waals surface area contributed by atoms with Crippen molar-refractivity contribution < 1.29 is 33.5 Å². The van der Waals surface area contributed by atoms with E-state index in [1.54, 1.807) is 44.4 Å². The van der Waals surface area contributed by atoms with Crippen molar-refractivity contribution in [2.75, 3.05) is 27.2 Å². The molecule has 2 aliphatic rings. The highest BCUT2D eigenvalue weighted by atomic mass is 16.5. The van der Waals surface area contributed by atoms with Crippen molar-refractivity contribution in [2.45, 2.75) is 103 Å². The van der Waals surface area contributed by atoms with Gasteiger partial charge in [-0.15, -0.1) is 0 Å². The number of carbonyl (C=O) groups excluding carboxylic acids is 6. The molecule has 0 radical (unpaired) electrons. The van der Waals surface area contributed by atoms with Crippen molar-refractivity contribution in [3.05, 3.63) is 48.4 Å². The van der Waals surface area contributed by atoms with E-state index in [1.165, 1.54) is 9.80 Å². The third-order valence-corrected chi connectivity index (χ3v) is 8.34. The number of hydrogen-bond acceptors (Lipinski definition) is 8. The van der Waals surface area contributed by atoms with Gasteiger partial charge in [0, 0.05) is 20.6 Å². The number of hydrogen-bond donors (Lipinski definition) is 4. The molecule has 270 valence electrons. The zero-order chi connectivity index (χ0) is 36.7. The van der Waals surface area contributed by atoms with Gasteiger partial charge in [-0.2, -0.15) is 0 Å². The number of likely N-dealkylation sites (N-methyl/N-ethyl adjacent to an activating group) is 1. The van der Waals surface area contributed by atoms with Gasteiger partial charge in [0.05, 0.1) is 12.6 Å². The zero-order valence-corrected chi connectivity index (χ0v) is 30.2. The minimum atomic E-state index is -1.12. The van der Waals surface area contributed by atoms with Crippen molar-refractivity contribution in [3.8, 4) is 0 Å². The highest BCUT2D eigenvalue weighted by Gasteiger charge is 2.43. The zero-order valence-electron chi connectivity index (χ0n) is 30.2. The predicted octanol–water partition coefficient (Wildman–Crippen LogP) is 2.18. The Labute approximate surface area is 289 Å². The Balaban J connectivity index is 1.66. The third-order valence-electron chi connectivity index (χ3n) is 8.34. The Morgan fingerprint density at radius 2 is 1.57 bits per heavy atom. The molecule has 2 fully saturated rings. The van der Waals surface area contributed by atoms with Crippen molar-refractivity contribution in [2.24, 2.45) is 11.3 Å². The Hall–Kier alpha value is -4.42. The molecule has 0 spiro atoms. The first-order valence-corrected chi connectivity index (χ1v) is 16.9. The van der Waals surface area contributed by atoms with E-state index in [-0.39, 0.29) is 30.0 Å². The average molecular weight is 683 g/mol. The molecule has 0 aromatic heterocycles. The van der Waals surface area contributed by atoms with Crippen LogP contribution in [0.25, 0.3) is 0 Å². The molecule has 1 aromatic carbocycles. The summed E-state index contributed by atoms with van der Waals surface area (Å²) in [7, 11) is 3.14. The van der Waals surface area contributed by atoms with Crippen LogP contribution < -0.4 is 21.3 Å². The second-order valence-electron chi connectivity index (χ2n) is 15.2. The predicted molar refractivity (Wildman–Crippen MR) is 184 cm³/mol. The van der Waals surface area contributed by atoms with Crippen LogP contribution in [0.15, 0.2) is 42.8 Å². The van der Waals surface area contributed by atoms with Gasteiger partial charge in [-0.3, -0.25) is 28.8 Å². The van der Waals surface area contributed by atoms with E-state index in [0.717, 1.165) is 12.8 Å². The molecule has 3 rings (SSSR count). The lowest BCUT2D eigenvalue weighted by molar-refractivity contribution is -0.144. The highest BCUT2D eigenvalue weighted by molar-refractivity contribution is 6.38. The number of nitrogens with one attached hydrogen (secondary N) is 4. The maximum atomic E-state index is 13.9. The number of Topliss-reactive ketones (excluding diaryl/α,β-unsaturated/α-hetero) is 1. The quantitative estimate of drug-likeness (QED) is 0.161. The molecule has 1 aromatic rings. The van der Waals surface area contributed by atoms with Gasteiger partial charge in [0.2, 0.25) is 29.4 Å². The first-order valence-electron chi connectivity index (χ1n) is 16.9. The molecule has 1 saturated heterocycles. The van der Waals surface area contributed by atoms with Gasteiger partial charge < -0.3 is 35.8 Å². The second kappa shape index (κ2) is 16.3. The van der Waals surface area contributed by atoms with Crippen molar-refractivity contribution >= 4 is 35.3 Å². The van der Waals surface area contributed by atoms with E-state index in [9.17, 15) is 28.8 Å². The number of benzene rings is 1. The molecule has 4 unspecified atom stereocenters. The summed E-state index contributed by atoms with van der Waals surface area (Å²) in [6.07, 6.45) is 3.01. The smallest absolute Gasteiger partial charge is 0.290 e. The van der Waals surface area contributed by atoms with Crippen LogP contribution in [-0.4, -0.2) is 96.0 Å². The molecule has 1 aliphatic heterocycles. The molecule has 1 saturated carbocycles. The summed E-state index contributed by atoms with van der Waals surface area (Å²) in [5, 5.41) is 10.8. The van der Waals surface area contributed by atoms with E-state index in [2.05, 4.69) is 27.8 Å². The number of likely N-dealkylation sites (tertiary alicyclic amines) is 1. The van der Waals surface area contributed by atoms with E-state index in [4.69, 9.17) is 4.74 Å². The Morgan fingerprint density at radius 3 is 2.12 bits per heavy atom. The van der Waals surface area contributed by atoms with E-state index < -0.39 is 65.2 Å². The summed E-state index contributed by atoms with van der Waals surface area (Å²) in [6, 6.07) is 5.01. The van der Waals surface area contributed by atoms with Gasteiger partial charge in [0.15, 0.2) is 5.88 Å². The largest absolute Gasteiger partial charge is 0.474 e. The summed E-state index contributed by atoms with van der Waals surface area (Å²) in [6.45, 7) is 15.1. The monoisotopic (exact) mass is 682 g/mol. The highest BCUT2D eigenvalue weighted by Crippen LogP contribution is 2.34. The maximum Gasteiger partial charge on any atom is 0.290 e. The molecule has 49 heavy (non-hydrogen) atoms. The van der Waals surface area contributed by atoms with E-state index in [0.29, 0.717) is 24.9 Å². The number of nitrogens with zero attached hydrogens (tertiary/aromatic N) is 2. The summed E-state index contributed by atoms with van der Waals surface area (Å²) in [4.78, 5) is 82.4. The van der Waals surface area contributed by atoms with Gasteiger partial charge in [0.1, 0.15) is 23.7 Å². The van der Waals surface area contributed by atoms with Crippen LogP contribution in [0, 0.1) is 11.3 Å². The summed E-state index contributed by atoms with van der Waals surface area (Å²) < 4.78 is 5.82. The lowest BCUT2D eigenvalue weighted by Crippen LogP contribution is -2.58. The maximum absolute atomic E-state index is 13.9. The van der Waals surface area contributed by atoms with E-state index >= 15 is 0 Å². The first kappa shape index (κ1) is 39.0. The fourth-order valence-electron chi connectivity index (χ4n) is 5.67. The molecule has 1 aliphatic carbocycles. The molecule has 1 heterocycles. The number of ether oxygens (including phenoxy) is 1. The van der Waals surface area contributed by atoms with Gasteiger partial charge in [-0.25, -0.2) is 0 Å². The van der Waals surface area contributed by atoms with Crippen molar-refractivity contribution in [3.63, 3.8) is 0 Å². The van der Waals surface area contributed by atoms with Crippen LogP contribution in [-0.2, 0) is 33.5 Å². The van der Waals surface area contributed by atoms with Crippen molar-refractivity contribution in [1.82, 2.24) is 31.1 Å². The van der Waals surface area contributed by atoms with Crippen LogP contribution in [0.3, 0.4) is 0 Å². The fraction of sp³-hybridized carbons (Fsp3) is 0.611. The summed E-state index contributed by atoms with van der Waals surface area (Å²) in [5.74, 6) is -3.30. The number of amides is 5. The number of carbonyl (C=O) groups is 6. The molecular formula is C36H54N6O7. The molecular weight excluding hydrogens is 628 g/mol. The minimum Gasteiger partial charge on any atom is -0.474 e. The molecule has 0 bridgehead atoms. The van der Waals surface area contributed by atoms with Crippen LogP contribution >= 0.6 is 0 Å². The number of ketones is 1. The second-order valence-corrected chi connectivity index (χ2v) is 15.2. The Morgan fingerprint density at radius 1 is 0.939 bits per heavy atom. The topological polar surface area (TPSA) is 166 Å². The lowest BCUT2D eigenvalue weighted by atomic mass is 9.85. The fourth-order valence-corrected chi connectivity index (χ4v) is 5.67. The van der Waals surface area contributed by atoms with Crippen molar-refractivity contribution in [1.29, 1.82) is 0 Å². The normalized spacial score (nSPS) is 18.0. The lowest BCUT2D eigenvalue weighted by Gasteiger charge is -2.37. The van der Waals surface area contributed by atoms with Gasteiger partial charge in [0.25, 0.3) is 5.91 Å². The molecule has 4 N–H and O–H groups in total. The standard InChI is InChI=1S/C36H54N6O7/c1-22(49-36(5,6)7)38-30(35(2,3)4)34(48)42-19-13-16-26(42)31(45)39-25(20-23-17-18-23)29(44)32(46)37-21-27(43)40-28(33(47)41(8)9)24-14-11-10-12-15-24/h10-12,14-15,23,25-26,28,30,38H,1,13,16-21H2,2-9H3,(H,37,46)(H,39,45)(H,40,43). The molecule has 13 nitrogen and oxygen atoms in total. The van der Waals surface area contributed by atoms with Crippen LogP contribution in [0.2, 0.25) is 0 Å². The molecule has 4 atom stereocenters. The summed E-state index contributed by atoms with van der Waals surface area (Å²) in [5.41, 5.74) is -0.516. The third kappa shape index (κ3) is 11.6. The average Bonchev–Trinajstić information content (AvgIpc) is 3.69. The van der Waals surface area contributed by atoms with Crippen LogP contribution in [0.4, 0.5) is 0 Å². The van der Waals surface area contributed by atoms with Gasteiger partial charge >= 0.3 is 0 Å². The molecule has 13 heteroatoms. The Kier molecular flexibility index (Phi) is 13.0. The SMILES string of the molecule is C=C(NC(C(=O)N1CCCC1C(=O)NC(CC1CC1)C(=O)C(=O)NCC(=O)NC(C(=O)N(C)C)c1ccccc1)C(C)(C)C)OC(C)(C)C. The summed E-state index contributed by atoms with van der Waals surface area (Å²) >= 11 is 0. The van der Waals surface area contributed by atoms with Crippen LogP contribution in [0.1, 0.15) is 85.3 Å². The van der Waals surface area contributed by atoms with Gasteiger partial charge in [-0.05, 0) is 63.5 Å². The van der Waals surface area contributed by atoms with Gasteiger partial charge in [-0.1, -0.05) is 63.9 Å². The first-order chi connectivity index (χ1) is 22.8. The minimum absolute atomic E-state index is 0.179. The Bertz CT molecular complexity index is 1390.